The van der Waals surface area contributed by atoms with Crippen molar-refractivity contribution >= 4 is 11.6 Å². The minimum absolute atomic E-state index is 0.0477. The Balaban J connectivity index is 1.88. The number of benzene rings is 1. The Kier molecular flexibility index (Phi) is 5.32. The van der Waals surface area contributed by atoms with Crippen molar-refractivity contribution in [3.05, 3.63) is 48.8 Å². The molecule has 1 aromatic heterocycles. The average molecular weight is 284 g/mol. The van der Waals surface area contributed by atoms with Crippen molar-refractivity contribution in [1.29, 1.82) is 0 Å². The van der Waals surface area contributed by atoms with Gasteiger partial charge in [-0.25, -0.2) is 0 Å². The Labute approximate surface area is 125 Å². The van der Waals surface area contributed by atoms with E-state index in [0.29, 0.717) is 12.3 Å². The van der Waals surface area contributed by atoms with Crippen LogP contribution in [0.5, 0.6) is 11.5 Å². The number of amides is 1. The first-order valence-electron chi connectivity index (χ1n) is 7.11. The Bertz CT molecular complexity index is 565. The van der Waals surface area contributed by atoms with Gasteiger partial charge in [0.05, 0.1) is 0 Å². The van der Waals surface area contributed by atoms with Gasteiger partial charge in [-0.3, -0.25) is 9.78 Å². The predicted molar refractivity (Wildman–Crippen MR) is 83.5 cm³/mol. The molecule has 0 fully saturated rings. The second kappa shape index (κ2) is 7.43. The molecule has 21 heavy (non-hydrogen) atoms. The number of nitrogens with zero attached hydrogens (tertiary/aromatic N) is 1. The molecule has 0 bridgehead atoms. The second-order valence-electron chi connectivity index (χ2n) is 5.29. The first-order chi connectivity index (χ1) is 10.1. The van der Waals surface area contributed by atoms with E-state index in [1.165, 1.54) is 0 Å². The first-order valence-corrected chi connectivity index (χ1v) is 7.11. The van der Waals surface area contributed by atoms with Crippen molar-refractivity contribution in [2.75, 3.05) is 5.32 Å². The van der Waals surface area contributed by atoms with Gasteiger partial charge in [-0.1, -0.05) is 13.8 Å². The topological polar surface area (TPSA) is 51.2 Å². The van der Waals surface area contributed by atoms with Crippen molar-refractivity contribution in [2.45, 2.75) is 26.7 Å². The molecule has 1 N–H and O–H groups in total. The van der Waals surface area contributed by atoms with Crippen LogP contribution in [0.3, 0.4) is 0 Å². The Morgan fingerprint density at radius 2 is 1.71 bits per heavy atom. The van der Waals surface area contributed by atoms with E-state index >= 15 is 0 Å². The number of ether oxygens (including phenoxy) is 1. The highest BCUT2D eigenvalue weighted by Crippen LogP contribution is 2.22. The van der Waals surface area contributed by atoms with E-state index in [2.05, 4.69) is 24.1 Å². The number of anilines is 1. The molecule has 0 saturated carbocycles. The minimum atomic E-state index is 0.0477. The first kappa shape index (κ1) is 15.0. The van der Waals surface area contributed by atoms with Crippen molar-refractivity contribution < 1.29 is 9.53 Å². The summed E-state index contributed by atoms with van der Waals surface area (Å²) in [4.78, 5) is 15.7. The van der Waals surface area contributed by atoms with Gasteiger partial charge in [0.25, 0.3) is 0 Å². The van der Waals surface area contributed by atoms with E-state index in [1.807, 2.05) is 24.3 Å². The van der Waals surface area contributed by atoms with Crippen LogP contribution in [0.15, 0.2) is 48.8 Å². The number of pyridine rings is 1. The third-order valence-electron chi connectivity index (χ3n) is 2.97. The standard InChI is InChI=1S/C17H20N2O2/c1-13(2)3-8-17(20)19-14-4-6-15(7-5-14)21-16-9-11-18-12-10-16/h4-7,9-13H,3,8H2,1-2H3,(H,19,20). The fourth-order valence-corrected chi connectivity index (χ4v) is 1.79. The smallest absolute Gasteiger partial charge is 0.224 e. The van der Waals surface area contributed by atoms with E-state index < -0.39 is 0 Å². The maximum absolute atomic E-state index is 11.7. The lowest BCUT2D eigenvalue weighted by atomic mass is 10.1. The molecule has 0 saturated heterocycles. The van der Waals surface area contributed by atoms with Gasteiger partial charge in [0, 0.05) is 24.5 Å². The van der Waals surface area contributed by atoms with Crippen LogP contribution in [0.25, 0.3) is 0 Å². The Hall–Kier alpha value is -2.36. The second-order valence-corrected chi connectivity index (χ2v) is 5.29. The molecule has 0 aliphatic heterocycles. The van der Waals surface area contributed by atoms with Crippen molar-refractivity contribution in [2.24, 2.45) is 5.92 Å². The van der Waals surface area contributed by atoms with Crippen molar-refractivity contribution in [1.82, 2.24) is 4.98 Å². The van der Waals surface area contributed by atoms with E-state index in [1.54, 1.807) is 24.5 Å². The number of nitrogens with one attached hydrogen (secondary N) is 1. The van der Waals surface area contributed by atoms with Crippen LogP contribution in [0.4, 0.5) is 5.69 Å². The van der Waals surface area contributed by atoms with E-state index in [4.69, 9.17) is 4.74 Å². The SMILES string of the molecule is CC(C)CCC(=O)Nc1ccc(Oc2ccncc2)cc1. The summed E-state index contributed by atoms with van der Waals surface area (Å²) < 4.78 is 5.66. The summed E-state index contributed by atoms with van der Waals surface area (Å²) in [5.74, 6) is 2.04. The summed E-state index contributed by atoms with van der Waals surface area (Å²) in [5.41, 5.74) is 0.783. The lowest BCUT2D eigenvalue weighted by Gasteiger charge is -2.08. The van der Waals surface area contributed by atoms with Gasteiger partial charge in [-0.2, -0.15) is 0 Å². The molecule has 2 rings (SSSR count). The van der Waals surface area contributed by atoms with Crippen LogP contribution in [-0.2, 0) is 4.79 Å². The summed E-state index contributed by atoms with van der Waals surface area (Å²) in [6, 6.07) is 10.9. The van der Waals surface area contributed by atoms with Crippen LogP contribution in [0.2, 0.25) is 0 Å². The van der Waals surface area contributed by atoms with E-state index in [9.17, 15) is 4.79 Å². The maximum Gasteiger partial charge on any atom is 0.224 e. The van der Waals surface area contributed by atoms with Gasteiger partial charge in [0.1, 0.15) is 11.5 Å². The summed E-state index contributed by atoms with van der Waals surface area (Å²) in [7, 11) is 0. The highest BCUT2D eigenvalue weighted by Gasteiger charge is 2.04. The molecule has 0 radical (unpaired) electrons. The van der Waals surface area contributed by atoms with Gasteiger partial charge in [0.15, 0.2) is 0 Å². The van der Waals surface area contributed by atoms with Crippen LogP contribution in [0, 0.1) is 5.92 Å². The van der Waals surface area contributed by atoms with Gasteiger partial charge < -0.3 is 10.1 Å². The largest absolute Gasteiger partial charge is 0.457 e. The molecular formula is C17H20N2O2. The lowest BCUT2D eigenvalue weighted by molar-refractivity contribution is -0.116. The van der Waals surface area contributed by atoms with Gasteiger partial charge in [-0.05, 0) is 48.7 Å². The summed E-state index contributed by atoms with van der Waals surface area (Å²) in [6.07, 6.45) is 4.80. The normalized spacial score (nSPS) is 10.4. The Morgan fingerprint density at radius 1 is 1.10 bits per heavy atom. The number of hydrogen-bond acceptors (Lipinski definition) is 3. The quantitative estimate of drug-likeness (QED) is 0.862. The third kappa shape index (κ3) is 5.26. The number of aromatic nitrogens is 1. The van der Waals surface area contributed by atoms with E-state index in [-0.39, 0.29) is 5.91 Å². The van der Waals surface area contributed by atoms with Crippen LogP contribution >= 0.6 is 0 Å². The molecule has 0 unspecified atom stereocenters. The predicted octanol–water partition coefficient (Wildman–Crippen LogP) is 4.25. The molecule has 0 aliphatic rings. The summed E-state index contributed by atoms with van der Waals surface area (Å²) >= 11 is 0. The molecule has 2 aromatic rings. The van der Waals surface area contributed by atoms with Crippen LogP contribution in [-0.4, -0.2) is 10.9 Å². The van der Waals surface area contributed by atoms with Gasteiger partial charge >= 0.3 is 0 Å². The van der Waals surface area contributed by atoms with Crippen LogP contribution in [0.1, 0.15) is 26.7 Å². The maximum atomic E-state index is 11.7. The molecule has 0 atom stereocenters. The fraction of sp³-hybridized carbons (Fsp3) is 0.294. The molecule has 110 valence electrons. The van der Waals surface area contributed by atoms with Crippen molar-refractivity contribution in [3.8, 4) is 11.5 Å². The van der Waals surface area contributed by atoms with Crippen LogP contribution < -0.4 is 10.1 Å². The summed E-state index contributed by atoms with van der Waals surface area (Å²) in [5, 5.41) is 2.88. The average Bonchev–Trinajstić information content (AvgIpc) is 2.48. The zero-order valence-corrected chi connectivity index (χ0v) is 12.4. The van der Waals surface area contributed by atoms with Crippen molar-refractivity contribution in [3.63, 3.8) is 0 Å². The molecular weight excluding hydrogens is 264 g/mol. The zero-order chi connectivity index (χ0) is 15.1. The Morgan fingerprint density at radius 3 is 2.33 bits per heavy atom. The number of hydrogen-bond donors (Lipinski definition) is 1. The highest BCUT2D eigenvalue weighted by molar-refractivity contribution is 5.90. The zero-order valence-electron chi connectivity index (χ0n) is 12.4. The molecule has 1 heterocycles. The fourth-order valence-electron chi connectivity index (χ4n) is 1.79. The summed E-state index contributed by atoms with van der Waals surface area (Å²) in [6.45, 7) is 4.22. The van der Waals surface area contributed by atoms with E-state index in [0.717, 1.165) is 23.6 Å². The monoisotopic (exact) mass is 284 g/mol. The number of carbonyl (C=O) groups is 1. The molecule has 1 amide bonds. The van der Waals surface area contributed by atoms with Gasteiger partial charge in [0.2, 0.25) is 5.91 Å². The highest BCUT2D eigenvalue weighted by atomic mass is 16.5. The molecule has 0 spiro atoms. The van der Waals surface area contributed by atoms with Gasteiger partial charge in [-0.15, -0.1) is 0 Å². The number of carbonyl (C=O) groups excluding carboxylic acids is 1. The molecule has 1 aromatic carbocycles. The molecule has 4 nitrogen and oxygen atoms in total. The molecule has 0 aliphatic carbocycles. The third-order valence-corrected chi connectivity index (χ3v) is 2.97. The minimum Gasteiger partial charge on any atom is -0.457 e. The lowest BCUT2D eigenvalue weighted by Crippen LogP contribution is -2.11. The number of rotatable bonds is 6. The molecule has 4 heteroatoms.